The van der Waals surface area contributed by atoms with Crippen LogP contribution >= 0.6 is 0 Å². The fraction of sp³-hybridized carbons (Fsp3) is 0.364. The summed E-state index contributed by atoms with van der Waals surface area (Å²) >= 11 is 0. The van der Waals surface area contributed by atoms with Gasteiger partial charge in [-0.2, -0.15) is 9.61 Å². The first-order chi connectivity index (χ1) is 13.6. The van der Waals surface area contributed by atoms with Gasteiger partial charge < -0.3 is 10.5 Å². The van der Waals surface area contributed by atoms with Crippen molar-refractivity contribution in [3.05, 3.63) is 66.0 Å². The van der Waals surface area contributed by atoms with E-state index in [-0.39, 0.29) is 0 Å². The highest BCUT2D eigenvalue weighted by atomic mass is 16.5. The normalized spacial score (nSPS) is 17.7. The van der Waals surface area contributed by atoms with Crippen molar-refractivity contribution < 1.29 is 4.74 Å². The predicted molar refractivity (Wildman–Crippen MR) is 112 cm³/mol. The number of aromatic nitrogens is 3. The Morgan fingerprint density at radius 2 is 2.18 bits per heavy atom. The van der Waals surface area contributed by atoms with Gasteiger partial charge in [0.25, 0.3) is 0 Å². The summed E-state index contributed by atoms with van der Waals surface area (Å²) in [6, 6.07) is 12.2. The lowest BCUT2D eigenvalue weighted by atomic mass is 9.94. The molecular formula is C22H27N5O. The quantitative estimate of drug-likeness (QED) is 0.665. The minimum Gasteiger partial charge on any atom is -0.489 e. The number of nitrogens with two attached hydrogens (primary N) is 1. The van der Waals surface area contributed by atoms with Crippen LogP contribution in [0.1, 0.15) is 35.7 Å². The number of fused-ring (bicyclic) bond motifs is 1. The van der Waals surface area contributed by atoms with Crippen LogP contribution < -0.4 is 10.5 Å². The fourth-order valence-electron chi connectivity index (χ4n) is 3.95. The van der Waals surface area contributed by atoms with Crippen LogP contribution in [0.4, 0.5) is 5.82 Å². The molecule has 1 aliphatic rings. The smallest absolute Gasteiger partial charge is 0.157 e. The third-order valence-electron chi connectivity index (χ3n) is 5.24. The number of hydrogen-bond donors (Lipinski definition) is 1. The van der Waals surface area contributed by atoms with Gasteiger partial charge in [-0.15, -0.1) is 0 Å². The average molecular weight is 377 g/mol. The second-order valence-corrected chi connectivity index (χ2v) is 7.44. The zero-order chi connectivity index (χ0) is 19.5. The molecule has 1 fully saturated rings. The van der Waals surface area contributed by atoms with E-state index in [0.717, 1.165) is 55.3 Å². The highest BCUT2D eigenvalue weighted by molar-refractivity contribution is 5.48. The molecule has 1 aliphatic heterocycles. The van der Waals surface area contributed by atoms with Crippen LogP contribution in [0.3, 0.4) is 0 Å². The van der Waals surface area contributed by atoms with Crippen LogP contribution in [-0.2, 0) is 6.54 Å². The molecule has 1 aromatic carbocycles. The van der Waals surface area contributed by atoms with Gasteiger partial charge in [0, 0.05) is 36.7 Å². The molecule has 0 amide bonds. The molecule has 146 valence electrons. The van der Waals surface area contributed by atoms with Crippen molar-refractivity contribution in [2.75, 3.05) is 25.4 Å². The van der Waals surface area contributed by atoms with Crippen LogP contribution in [0.5, 0.6) is 5.75 Å². The SMILES string of the molecule is C=CCOc1ccccc1CN1CCC[C@@H](c2cc(N)n3nc(C)cc3n2)C1. The number of para-hydroxylation sites is 1. The van der Waals surface area contributed by atoms with Gasteiger partial charge >= 0.3 is 0 Å². The van der Waals surface area contributed by atoms with Crippen LogP contribution in [0.25, 0.3) is 5.65 Å². The van der Waals surface area contributed by atoms with E-state index in [9.17, 15) is 0 Å². The van der Waals surface area contributed by atoms with E-state index < -0.39 is 0 Å². The number of ether oxygens (including phenoxy) is 1. The predicted octanol–water partition coefficient (Wildman–Crippen LogP) is 3.56. The Morgan fingerprint density at radius 1 is 1.32 bits per heavy atom. The second-order valence-electron chi connectivity index (χ2n) is 7.44. The lowest BCUT2D eigenvalue weighted by Crippen LogP contribution is -2.34. The van der Waals surface area contributed by atoms with Gasteiger partial charge in [0.05, 0.1) is 11.4 Å². The number of nitrogen functional groups attached to an aromatic ring is 1. The third-order valence-corrected chi connectivity index (χ3v) is 5.24. The molecule has 28 heavy (non-hydrogen) atoms. The van der Waals surface area contributed by atoms with Crippen LogP contribution in [0, 0.1) is 6.92 Å². The summed E-state index contributed by atoms with van der Waals surface area (Å²) in [5.74, 6) is 1.95. The summed E-state index contributed by atoms with van der Waals surface area (Å²) in [6.07, 6.45) is 4.05. The maximum absolute atomic E-state index is 6.22. The number of nitrogens with zero attached hydrogens (tertiary/aromatic N) is 4. The third kappa shape index (κ3) is 3.87. The Bertz CT molecular complexity index is 980. The van der Waals surface area contributed by atoms with Gasteiger partial charge in [0.2, 0.25) is 0 Å². The number of aryl methyl sites for hydroxylation is 1. The Labute approximate surface area is 165 Å². The largest absolute Gasteiger partial charge is 0.489 e. The summed E-state index contributed by atoms with van der Waals surface area (Å²) in [6.45, 7) is 9.13. The van der Waals surface area contributed by atoms with Crippen LogP contribution in [-0.4, -0.2) is 39.2 Å². The number of piperidine rings is 1. The molecule has 0 radical (unpaired) electrons. The van der Waals surface area contributed by atoms with Crippen molar-refractivity contribution in [1.29, 1.82) is 0 Å². The molecule has 1 saturated heterocycles. The van der Waals surface area contributed by atoms with Crippen molar-refractivity contribution in [1.82, 2.24) is 19.5 Å². The van der Waals surface area contributed by atoms with Crippen molar-refractivity contribution >= 4 is 11.5 Å². The summed E-state index contributed by atoms with van der Waals surface area (Å²) in [4.78, 5) is 7.32. The molecule has 6 nitrogen and oxygen atoms in total. The monoisotopic (exact) mass is 377 g/mol. The number of likely N-dealkylation sites (tertiary alicyclic amines) is 1. The molecule has 1 atom stereocenters. The lowest BCUT2D eigenvalue weighted by Gasteiger charge is -2.33. The lowest BCUT2D eigenvalue weighted by molar-refractivity contribution is 0.196. The fourth-order valence-corrected chi connectivity index (χ4v) is 3.95. The van der Waals surface area contributed by atoms with Gasteiger partial charge in [-0.1, -0.05) is 30.9 Å². The van der Waals surface area contributed by atoms with E-state index in [2.05, 4.69) is 28.7 Å². The Balaban J connectivity index is 1.52. The molecule has 2 N–H and O–H groups in total. The topological polar surface area (TPSA) is 68.7 Å². The van der Waals surface area contributed by atoms with Crippen molar-refractivity contribution in [3.8, 4) is 5.75 Å². The van der Waals surface area contributed by atoms with Gasteiger partial charge in [-0.25, -0.2) is 4.98 Å². The van der Waals surface area contributed by atoms with Gasteiger partial charge in [0.15, 0.2) is 5.65 Å². The molecule has 4 rings (SSSR count). The summed E-state index contributed by atoms with van der Waals surface area (Å²) in [5.41, 5.74) is 10.2. The molecular weight excluding hydrogens is 350 g/mol. The minimum atomic E-state index is 0.373. The van der Waals surface area contributed by atoms with Crippen molar-refractivity contribution in [2.24, 2.45) is 0 Å². The summed E-state index contributed by atoms with van der Waals surface area (Å²) < 4.78 is 7.54. The zero-order valence-corrected chi connectivity index (χ0v) is 16.3. The van der Waals surface area contributed by atoms with E-state index in [1.165, 1.54) is 5.56 Å². The average Bonchev–Trinajstić information content (AvgIpc) is 3.08. The second kappa shape index (κ2) is 8.02. The van der Waals surface area contributed by atoms with Crippen LogP contribution in [0.15, 0.2) is 49.1 Å². The molecule has 3 heterocycles. The van der Waals surface area contributed by atoms with Crippen molar-refractivity contribution in [3.63, 3.8) is 0 Å². The summed E-state index contributed by atoms with van der Waals surface area (Å²) in [5, 5.41) is 4.40. The van der Waals surface area contributed by atoms with Gasteiger partial charge in [-0.3, -0.25) is 4.90 Å². The highest BCUT2D eigenvalue weighted by Gasteiger charge is 2.24. The molecule has 3 aromatic rings. The molecule has 2 aromatic heterocycles. The molecule has 0 aliphatic carbocycles. The number of hydrogen-bond acceptors (Lipinski definition) is 5. The Morgan fingerprint density at radius 3 is 3.04 bits per heavy atom. The highest BCUT2D eigenvalue weighted by Crippen LogP contribution is 2.29. The van der Waals surface area contributed by atoms with Crippen LogP contribution in [0.2, 0.25) is 0 Å². The van der Waals surface area contributed by atoms with Gasteiger partial charge in [0.1, 0.15) is 18.2 Å². The molecule has 0 unspecified atom stereocenters. The molecule has 6 heteroatoms. The Hall–Kier alpha value is -2.86. The van der Waals surface area contributed by atoms with E-state index in [1.807, 2.05) is 31.2 Å². The van der Waals surface area contributed by atoms with E-state index in [4.69, 9.17) is 15.5 Å². The first-order valence-electron chi connectivity index (χ1n) is 9.81. The van der Waals surface area contributed by atoms with Crippen molar-refractivity contribution in [2.45, 2.75) is 32.2 Å². The maximum Gasteiger partial charge on any atom is 0.157 e. The number of benzene rings is 1. The first kappa shape index (κ1) is 18.5. The maximum atomic E-state index is 6.22. The first-order valence-corrected chi connectivity index (χ1v) is 9.81. The van der Waals surface area contributed by atoms with E-state index in [1.54, 1.807) is 10.6 Å². The zero-order valence-electron chi connectivity index (χ0n) is 16.3. The summed E-state index contributed by atoms with van der Waals surface area (Å²) in [7, 11) is 0. The Kier molecular flexibility index (Phi) is 5.30. The number of anilines is 1. The molecule has 0 spiro atoms. The molecule has 0 bridgehead atoms. The standard InChI is InChI=1S/C22H27N5O/c1-3-11-28-20-9-5-4-7-18(20)15-26-10-6-8-17(14-26)19-13-21(23)27-22(24-19)12-16(2)25-27/h3-5,7,9,12-13,17H,1,6,8,10-11,14-15,23H2,2H3/t17-/m1/s1. The number of rotatable bonds is 6. The van der Waals surface area contributed by atoms with E-state index >= 15 is 0 Å². The van der Waals surface area contributed by atoms with Gasteiger partial charge in [-0.05, 0) is 32.4 Å². The minimum absolute atomic E-state index is 0.373. The molecule has 0 saturated carbocycles. The van der Waals surface area contributed by atoms with E-state index in [0.29, 0.717) is 18.3 Å².